The van der Waals surface area contributed by atoms with E-state index in [-0.39, 0.29) is 29.1 Å². The molecule has 3 aromatic carbocycles. The molecule has 1 amide bonds. The molecule has 2 aliphatic heterocycles. The van der Waals surface area contributed by atoms with Crippen molar-refractivity contribution in [2.75, 3.05) is 7.05 Å². The summed E-state index contributed by atoms with van der Waals surface area (Å²) < 4.78 is 68.2. The third kappa shape index (κ3) is 5.81. The van der Waals surface area contributed by atoms with E-state index in [0.717, 1.165) is 38.1 Å². The lowest BCUT2D eigenvalue weighted by molar-refractivity contribution is -0.154. The van der Waals surface area contributed by atoms with Crippen LogP contribution in [0.25, 0.3) is 10.8 Å². The molecule has 3 aromatic rings. The molecule has 0 radical (unpaired) electrons. The first kappa shape index (κ1) is 30.4. The monoisotopic (exact) mass is 675 g/mol. The minimum Gasteiger partial charge on any atom is -0.490 e. The predicted molar refractivity (Wildman–Crippen MR) is 164 cm³/mol. The third-order valence-electron chi connectivity index (χ3n) is 9.26. The Bertz CT molecular complexity index is 1600. The molecule has 6 rings (SSSR count). The molecule has 2 saturated heterocycles. The topological polar surface area (TPSA) is 92.9 Å². The molecule has 11 heteroatoms. The fourth-order valence-corrected chi connectivity index (χ4v) is 8.64. The summed E-state index contributed by atoms with van der Waals surface area (Å²) in [5.41, 5.74) is 5.74. The highest BCUT2D eigenvalue weighted by Gasteiger charge is 2.56. The summed E-state index contributed by atoms with van der Waals surface area (Å²) in [6.07, 6.45) is 6.82. The van der Waals surface area contributed by atoms with Gasteiger partial charge >= 0.3 is 0 Å². The molecule has 43 heavy (non-hydrogen) atoms. The number of hydrogen-bond acceptors (Lipinski definition) is 5. The summed E-state index contributed by atoms with van der Waals surface area (Å²) in [6, 6.07) is 12.3. The van der Waals surface area contributed by atoms with Crippen LogP contribution in [-0.2, 0) is 20.7 Å². The van der Waals surface area contributed by atoms with Crippen molar-refractivity contribution in [2.45, 2.75) is 92.5 Å². The van der Waals surface area contributed by atoms with E-state index in [1.807, 2.05) is 6.07 Å². The number of carbonyl (C=O) groups excluding carboxylic acids is 1. The minimum atomic E-state index is -4.53. The lowest BCUT2D eigenvalue weighted by Crippen LogP contribution is -2.61. The molecule has 1 saturated carbocycles. The minimum absolute atomic E-state index is 0.116. The van der Waals surface area contributed by atoms with Crippen LogP contribution in [0.15, 0.2) is 70.0 Å². The highest BCUT2D eigenvalue weighted by Crippen LogP contribution is 2.42. The predicted octanol–water partition coefficient (Wildman–Crippen LogP) is 6.19. The Morgan fingerprint density at radius 3 is 2.23 bits per heavy atom. The molecule has 7 nitrogen and oxygen atoms in total. The van der Waals surface area contributed by atoms with E-state index < -0.39 is 33.5 Å². The largest absolute Gasteiger partial charge is 0.490 e. The Labute approximate surface area is 259 Å². The first-order chi connectivity index (χ1) is 20.4. The molecule has 3 aliphatic rings. The van der Waals surface area contributed by atoms with Gasteiger partial charge in [-0.05, 0) is 98.5 Å². The van der Waals surface area contributed by atoms with Crippen molar-refractivity contribution >= 4 is 42.6 Å². The zero-order chi connectivity index (χ0) is 30.5. The number of sulfonamides is 1. The maximum Gasteiger partial charge on any atom is 0.298 e. The SMILES string of the molecule is CN([C@H](C(=O)N1C2CCC1CC(N)C2)C(F)(F)c1ccc(Br)cc1)S(=O)(=O)c1ccc2cc(OC3CCCC3)ccc2c1. The fraction of sp³-hybridized carbons (Fsp3) is 0.469. The molecule has 3 fully saturated rings. The van der Waals surface area contributed by atoms with E-state index in [1.165, 1.54) is 41.3 Å². The molecular formula is C32H36BrF2N3O4S. The molecule has 2 N–H and O–H groups in total. The van der Waals surface area contributed by atoms with Crippen LogP contribution in [0, 0.1) is 0 Å². The number of hydrogen-bond donors (Lipinski definition) is 1. The van der Waals surface area contributed by atoms with Crippen molar-refractivity contribution < 1.29 is 26.7 Å². The molecular weight excluding hydrogens is 640 g/mol. The first-order valence-electron chi connectivity index (χ1n) is 14.9. The average Bonchev–Trinajstić information content (AvgIpc) is 3.58. The van der Waals surface area contributed by atoms with Gasteiger partial charge in [-0.2, -0.15) is 13.1 Å². The highest BCUT2D eigenvalue weighted by atomic mass is 79.9. The molecule has 2 unspecified atom stereocenters. The van der Waals surface area contributed by atoms with Gasteiger partial charge in [0.05, 0.1) is 11.0 Å². The number of rotatable bonds is 8. The molecule has 3 atom stereocenters. The van der Waals surface area contributed by atoms with Crippen LogP contribution in [0.1, 0.15) is 56.9 Å². The van der Waals surface area contributed by atoms with Crippen LogP contribution >= 0.6 is 15.9 Å². The van der Waals surface area contributed by atoms with Gasteiger partial charge in [-0.3, -0.25) is 4.79 Å². The number of carbonyl (C=O) groups is 1. The Balaban J connectivity index is 1.35. The Morgan fingerprint density at radius 1 is 0.977 bits per heavy atom. The van der Waals surface area contributed by atoms with E-state index in [9.17, 15) is 13.2 Å². The van der Waals surface area contributed by atoms with E-state index >= 15 is 8.78 Å². The van der Waals surface area contributed by atoms with Gasteiger partial charge in [0, 0.05) is 35.2 Å². The summed E-state index contributed by atoms with van der Waals surface area (Å²) in [7, 11) is -3.45. The number of nitrogens with zero attached hydrogens (tertiary/aromatic N) is 2. The number of nitrogens with two attached hydrogens (primary N) is 1. The lowest BCUT2D eigenvalue weighted by Gasteiger charge is -2.42. The van der Waals surface area contributed by atoms with Crippen LogP contribution in [0.2, 0.25) is 0 Å². The van der Waals surface area contributed by atoms with Crippen LogP contribution in [-0.4, -0.2) is 60.8 Å². The van der Waals surface area contributed by atoms with E-state index in [1.54, 1.807) is 18.2 Å². The van der Waals surface area contributed by atoms with Crippen molar-refractivity contribution in [1.82, 2.24) is 9.21 Å². The van der Waals surface area contributed by atoms with E-state index in [0.29, 0.717) is 45.6 Å². The molecule has 0 aromatic heterocycles. The summed E-state index contributed by atoms with van der Waals surface area (Å²) in [5.74, 6) is -4.00. The second-order valence-electron chi connectivity index (χ2n) is 12.1. The van der Waals surface area contributed by atoms with Crippen LogP contribution in [0.3, 0.4) is 0 Å². The molecule has 0 spiro atoms. The molecule has 2 heterocycles. The number of halogens is 3. The quantitative estimate of drug-likeness (QED) is 0.308. The van der Waals surface area contributed by atoms with Gasteiger partial charge in [0.1, 0.15) is 5.75 Å². The van der Waals surface area contributed by atoms with Gasteiger partial charge < -0.3 is 15.4 Å². The zero-order valence-electron chi connectivity index (χ0n) is 24.0. The van der Waals surface area contributed by atoms with Crippen molar-refractivity contribution in [3.8, 4) is 5.75 Å². The normalized spacial score (nSPS) is 23.7. The summed E-state index contributed by atoms with van der Waals surface area (Å²) in [6.45, 7) is 0. The summed E-state index contributed by atoms with van der Waals surface area (Å²) in [4.78, 5) is 15.5. The number of amides is 1. The second kappa shape index (κ2) is 11.7. The molecule has 1 aliphatic carbocycles. The van der Waals surface area contributed by atoms with E-state index in [2.05, 4.69) is 15.9 Å². The Hall–Kier alpha value is -2.60. The van der Waals surface area contributed by atoms with Crippen molar-refractivity contribution in [3.63, 3.8) is 0 Å². The second-order valence-corrected chi connectivity index (χ2v) is 15.0. The Kier molecular flexibility index (Phi) is 8.29. The number of likely N-dealkylation sites (N-methyl/N-ethyl adjacent to an activating group) is 1. The fourth-order valence-electron chi connectivity index (χ4n) is 7.03. The van der Waals surface area contributed by atoms with Gasteiger partial charge in [0.25, 0.3) is 5.92 Å². The van der Waals surface area contributed by atoms with Gasteiger partial charge in [-0.25, -0.2) is 8.42 Å². The highest BCUT2D eigenvalue weighted by molar-refractivity contribution is 9.10. The maximum absolute atomic E-state index is 16.5. The smallest absolute Gasteiger partial charge is 0.298 e. The standard InChI is InChI=1S/C32H36BrF2N3O4S/c1-37(43(40,41)29-15-7-20-16-28(14-6-21(20)17-29)42-27-4-2-3-5-27)30(32(34,35)22-8-10-23(33)11-9-22)31(39)38-25-12-13-26(38)19-24(36)18-25/h6-11,14-17,24-27,30H,2-5,12-13,18-19,36H2,1H3/t24?,25?,26?,30-/m1/s1. The van der Waals surface area contributed by atoms with Crippen molar-refractivity contribution in [3.05, 3.63) is 70.7 Å². The van der Waals surface area contributed by atoms with Gasteiger partial charge in [-0.15, -0.1) is 0 Å². The summed E-state index contributed by atoms with van der Waals surface area (Å²) in [5, 5.41) is 1.39. The van der Waals surface area contributed by atoms with Gasteiger partial charge in [-0.1, -0.05) is 40.2 Å². The number of alkyl halides is 2. The van der Waals surface area contributed by atoms with Gasteiger partial charge in [0.15, 0.2) is 6.04 Å². The van der Waals surface area contributed by atoms with E-state index in [4.69, 9.17) is 10.5 Å². The van der Waals surface area contributed by atoms with Crippen molar-refractivity contribution in [1.29, 1.82) is 0 Å². The number of benzene rings is 3. The maximum atomic E-state index is 16.5. The third-order valence-corrected chi connectivity index (χ3v) is 11.6. The first-order valence-corrected chi connectivity index (χ1v) is 17.1. The molecule has 2 bridgehead atoms. The number of fused-ring (bicyclic) bond motifs is 3. The summed E-state index contributed by atoms with van der Waals surface area (Å²) >= 11 is 3.26. The lowest BCUT2D eigenvalue weighted by atomic mass is 9.94. The number of piperidine rings is 1. The number of ether oxygens (including phenoxy) is 1. The zero-order valence-corrected chi connectivity index (χ0v) is 26.4. The van der Waals surface area contributed by atoms with Crippen molar-refractivity contribution in [2.24, 2.45) is 5.73 Å². The molecule has 230 valence electrons. The Morgan fingerprint density at radius 2 is 1.58 bits per heavy atom. The van der Waals surface area contributed by atoms with Crippen LogP contribution < -0.4 is 10.5 Å². The van der Waals surface area contributed by atoms with Gasteiger partial charge in [0.2, 0.25) is 15.9 Å². The van der Waals surface area contributed by atoms with Crippen LogP contribution in [0.5, 0.6) is 5.75 Å². The van der Waals surface area contributed by atoms with Crippen LogP contribution in [0.4, 0.5) is 8.78 Å². The average molecular weight is 677 g/mol.